The molecule has 1 amide bonds. The first-order valence-corrected chi connectivity index (χ1v) is 8.82. The summed E-state index contributed by atoms with van der Waals surface area (Å²) < 4.78 is 13.0. The Hall–Kier alpha value is -3.80. The van der Waals surface area contributed by atoms with Gasteiger partial charge in [-0.15, -0.1) is 0 Å². The van der Waals surface area contributed by atoms with Crippen molar-refractivity contribution in [3.8, 4) is 11.5 Å². The van der Waals surface area contributed by atoms with Crippen LogP contribution in [0, 0.1) is 20.2 Å². The van der Waals surface area contributed by atoms with Crippen molar-refractivity contribution in [2.75, 3.05) is 14.2 Å². The van der Waals surface area contributed by atoms with Crippen molar-refractivity contribution in [1.29, 1.82) is 0 Å². The van der Waals surface area contributed by atoms with Crippen molar-refractivity contribution >= 4 is 38.8 Å². The highest BCUT2D eigenvalue weighted by molar-refractivity contribution is 7.16. The quantitative estimate of drug-likeness (QED) is 0.458. The van der Waals surface area contributed by atoms with E-state index in [9.17, 15) is 25.0 Å². The zero-order valence-electron chi connectivity index (χ0n) is 15.4. The maximum absolute atomic E-state index is 12.6. The summed E-state index contributed by atoms with van der Waals surface area (Å²) in [7, 11) is 4.68. The highest BCUT2D eigenvalue weighted by Gasteiger charge is 2.20. The van der Waals surface area contributed by atoms with Crippen molar-refractivity contribution in [3.63, 3.8) is 0 Å². The lowest BCUT2D eigenvalue weighted by Gasteiger charge is -2.06. The normalized spacial score (nSPS) is 11.5. The molecule has 11 nitrogen and oxygen atoms in total. The first kappa shape index (κ1) is 19.9. The average Bonchev–Trinajstić information content (AvgIpc) is 3.03. The van der Waals surface area contributed by atoms with Gasteiger partial charge < -0.3 is 14.0 Å². The topological polar surface area (TPSA) is 139 Å². The summed E-state index contributed by atoms with van der Waals surface area (Å²) in [4.78, 5) is 37.3. The minimum atomic E-state index is -0.850. The molecule has 0 bridgehead atoms. The van der Waals surface area contributed by atoms with Crippen LogP contribution < -0.4 is 14.3 Å². The summed E-state index contributed by atoms with van der Waals surface area (Å²) in [6, 6.07) is 6.11. The van der Waals surface area contributed by atoms with Gasteiger partial charge in [0.2, 0.25) is 0 Å². The number of rotatable bonds is 5. The zero-order valence-corrected chi connectivity index (χ0v) is 16.3. The Morgan fingerprint density at radius 2 is 1.59 bits per heavy atom. The van der Waals surface area contributed by atoms with Crippen molar-refractivity contribution < 1.29 is 24.1 Å². The lowest BCUT2D eigenvalue weighted by molar-refractivity contribution is -0.394. The van der Waals surface area contributed by atoms with E-state index >= 15 is 0 Å². The van der Waals surface area contributed by atoms with Crippen LogP contribution in [0.25, 0.3) is 10.2 Å². The number of aryl methyl sites for hydroxylation is 1. The molecule has 0 aliphatic carbocycles. The first-order valence-electron chi connectivity index (χ1n) is 8.00. The molecule has 0 aliphatic rings. The van der Waals surface area contributed by atoms with Crippen LogP contribution in [-0.4, -0.2) is 34.5 Å². The molecule has 0 unspecified atom stereocenters. The molecule has 0 radical (unpaired) electrons. The molecule has 3 aromatic rings. The Bertz CT molecular complexity index is 1200. The third kappa shape index (κ3) is 3.65. The highest BCUT2D eigenvalue weighted by atomic mass is 32.1. The van der Waals surface area contributed by atoms with Crippen LogP contribution in [0.4, 0.5) is 11.4 Å². The number of carbonyl (C=O) groups is 1. The number of hydrogen-bond acceptors (Lipinski definition) is 8. The van der Waals surface area contributed by atoms with Crippen molar-refractivity contribution in [1.82, 2.24) is 4.57 Å². The maximum Gasteiger partial charge on any atom is 0.280 e. The van der Waals surface area contributed by atoms with Gasteiger partial charge in [-0.05, 0) is 12.1 Å². The Balaban J connectivity index is 2.20. The van der Waals surface area contributed by atoms with E-state index < -0.39 is 27.1 Å². The standard InChI is InChI=1S/C17H14N4O7S/c1-19-14-12(27-2)4-5-13(28-3)15(14)29-17(19)18-16(22)9-6-10(20(23)24)8-11(7-9)21(25)26/h4-8H,1-3H3. The van der Waals surface area contributed by atoms with Crippen molar-refractivity contribution in [2.45, 2.75) is 0 Å². The number of aromatic nitrogens is 1. The maximum atomic E-state index is 12.6. The monoisotopic (exact) mass is 418 g/mol. The minimum Gasteiger partial charge on any atom is -0.495 e. The molecular weight excluding hydrogens is 404 g/mol. The van der Waals surface area contributed by atoms with E-state index in [1.54, 1.807) is 23.7 Å². The second-order valence-corrected chi connectivity index (χ2v) is 6.74. The second kappa shape index (κ2) is 7.67. The molecule has 0 N–H and O–H groups in total. The largest absolute Gasteiger partial charge is 0.495 e. The highest BCUT2D eigenvalue weighted by Crippen LogP contribution is 2.34. The number of hydrogen-bond donors (Lipinski definition) is 0. The van der Waals surface area contributed by atoms with Gasteiger partial charge in [-0.2, -0.15) is 4.99 Å². The Morgan fingerprint density at radius 1 is 1.03 bits per heavy atom. The van der Waals surface area contributed by atoms with E-state index in [1.165, 1.54) is 14.2 Å². The molecular formula is C17H14N4O7S. The minimum absolute atomic E-state index is 0.262. The number of thiazole rings is 1. The lowest BCUT2D eigenvalue weighted by Crippen LogP contribution is -2.14. The number of carbonyl (C=O) groups excluding carboxylic acids is 1. The molecule has 0 spiro atoms. The van der Waals surface area contributed by atoms with E-state index in [1.807, 2.05) is 0 Å². The molecule has 1 heterocycles. The van der Waals surface area contributed by atoms with E-state index in [0.29, 0.717) is 21.7 Å². The summed E-state index contributed by atoms with van der Waals surface area (Å²) in [5.74, 6) is 0.248. The number of benzene rings is 2. The van der Waals surface area contributed by atoms with Crippen molar-refractivity contribution in [2.24, 2.45) is 12.0 Å². The zero-order chi connectivity index (χ0) is 21.3. The number of amides is 1. The van der Waals surface area contributed by atoms with Gasteiger partial charge >= 0.3 is 0 Å². The second-order valence-electron chi connectivity index (χ2n) is 5.76. The smallest absolute Gasteiger partial charge is 0.280 e. The number of methoxy groups -OCH3 is 2. The van der Waals surface area contributed by atoms with E-state index in [0.717, 1.165) is 29.5 Å². The van der Waals surface area contributed by atoms with E-state index in [-0.39, 0.29) is 10.4 Å². The lowest BCUT2D eigenvalue weighted by atomic mass is 10.1. The fourth-order valence-electron chi connectivity index (χ4n) is 2.71. The summed E-state index contributed by atoms with van der Waals surface area (Å²) in [5, 5.41) is 22.1. The van der Waals surface area contributed by atoms with Gasteiger partial charge in [0.15, 0.2) is 4.80 Å². The third-order valence-electron chi connectivity index (χ3n) is 4.08. The van der Waals surface area contributed by atoms with E-state index in [4.69, 9.17) is 9.47 Å². The van der Waals surface area contributed by atoms with Gasteiger partial charge in [0.25, 0.3) is 17.3 Å². The van der Waals surface area contributed by atoms with Crippen LogP contribution in [0.5, 0.6) is 11.5 Å². The van der Waals surface area contributed by atoms with Gasteiger partial charge in [0.05, 0.1) is 35.7 Å². The molecule has 2 aromatic carbocycles. The van der Waals surface area contributed by atoms with Crippen LogP contribution in [0.2, 0.25) is 0 Å². The third-order valence-corrected chi connectivity index (χ3v) is 5.23. The molecule has 1 aromatic heterocycles. The van der Waals surface area contributed by atoms with Gasteiger partial charge in [-0.3, -0.25) is 25.0 Å². The SMILES string of the molecule is COc1ccc(OC)c2c1sc(=NC(=O)c1cc([N+](=O)[O-])cc([N+](=O)[O-])c1)n2C. The van der Waals surface area contributed by atoms with Gasteiger partial charge in [-0.25, -0.2) is 0 Å². The first-order chi connectivity index (χ1) is 13.8. The molecule has 12 heteroatoms. The van der Waals surface area contributed by atoms with E-state index in [2.05, 4.69) is 4.99 Å². The number of nitrogens with zero attached hydrogens (tertiary/aromatic N) is 4. The molecule has 0 aliphatic heterocycles. The summed E-state index contributed by atoms with van der Waals surface area (Å²) in [5.41, 5.74) is -0.751. The molecule has 0 atom stereocenters. The molecule has 150 valence electrons. The molecule has 0 fully saturated rings. The number of non-ortho nitro benzene ring substituents is 2. The molecule has 29 heavy (non-hydrogen) atoms. The van der Waals surface area contributed by atoms with Crippen LogP contribution in [-0.2, 0) is 7.05 Å². The van der Waals surface area contributed by atoms with Crippen LogP contribution in [0.1, 0.15) is 10.4 Å². The molecule has 0 saturated carbocycles. The fourth-order valence-corrected chi connectivity index (χ4v) is 3.84. The van der Waals surface area contributed by atoms with Gasteiger partial charge in [0.1, 0.15) is 21.7 Å². The number of ether oxygens (including phenoxy) is 2. The summed E-state index contributed by atoms with van der Waals surface area (Å²) in [6.45, 7) is 0. The number of nitro groups is 2. The average molecular weight is 418 g/mol. The van der Waals surface area contributed by atoms with Gasteiger partial charge in [0, 0.05) is 19.2 Å². The van der Waals surface area contributed by atoms with Crippen molar-refractivity contribution in [3.05, 3.63) is 60.9 Å². The van der Waals surface area contributed by atoms with Gasteiger partial charge in [-0.1, -0.05) is 11.3 Å². The van der Waals surface area contributed by atoms with Crippen LogP contribution >= 0.6 is 11.3 Å². The van der Waals surface area contributed by atoms with Crippen LogP contribution in [0.3, 0.4) is 0 Å². The predicted octanol–water partition coefficient (Wildman–Crippen LogP) is 2.81. The molecule has 3 rings (SSSR count). The predicted molar refractivity (Wildman–Crippen MR) is 104 cm³/mol. The van der Waals surface area contributed by atoms with Crippen LogP contribution in [0.15, 0.2) is 35.3 Å². The Kier molecular flexibility index (Phi) is 5.28. The number of fused-ring (bicyclic) bond motifs is 1. The Morgan fingerprint density at radius 3 is 2.10 bits per heavy atom. The fraction of sp³-hybridized carbons (Fsp3) is 0.176. The summed E-state index contributed by atoms with van der Waals surface area (Å²) in [6.07, 6.45) is 0. The summed E-state index contributed by atoms with van der Waals surface area (Å²) >= 11 is 1.15. The Labute approximate surface area is 166 Å². The number of nitro benzene ring substituents is 2. The molecule has 0 saturated heterocycles.